The van der Waals surface area contributed by atoms with Crippen LogP contribution in [0.4, 0.5) is 0 Å². The van der Waals surface area contributed by atoms with Crippen LogP contribution in [0.2, 0.25) is 0 Å². The molecule has 2 heterocycles. The average molecular weight is 343 g/mol. The van der Waals surface area contributed by atoms with Gasteiger partial charge in [0, 0.05) is 18.7 Å². The first-order valence-corrected chi connectivity index (χ1v) is 8.45. The number of aromatic nitrogens is 2. The first kappa shape index (κ1) is 17.0. The van der Waals surface area contributed by atoms with Crippen molar-refractivity contribution in [1.82, 2.24) is 14.9 Å². The van der Waals surface area contributed by atoms with Crippen molar-refractivity contribution in [2.45, 2.75) is 38.1 Å². The normalized spacial score (nSPS) is 17.4. The number of aromatic hydroxyl groups is 1. The van der Waals surface area contributed by atoms with Gasteiger partial charge in [-0.25, -0.2) is 4.79 Å². The number of likely N-dealkylation sites (tertiary alicyclic amines) is 1. The van der Waals surface area contributed by atoms with Crippen molar-refractivity contribution >= 4 is 5.91 Å². The minimum atomic E-state index is -0.673. The van der Waals surface area contributed by atoms with Crippen LogP contribution in [0, 0.1) is 0 Å². The Kier molecular flexibility index (Phi) is 5.02. The lowest BCUT2D eigenvalue weighted by atomic mass is 9.95. The Morgan fingerprint density at radius 1 is 1.16 bits per heavy atom. The summed E-state index contributed by atoms with van der Waals surface area (Å²) in [5.74, 6) is -0.0740. The summed E-state index contributed by atoms with van der Waals surface area (Å²) in [5, 5.41) is 9.35. The second kappa shape index (κ2) is 7.38. The standard InChI is InChI=1S/C18H21N3O4/c22-14-8-5-12(6-9-14)4-7-13-3-1-2-10-21(13)17(24)15-11-16(23)20-18(25)19-15/h5-6,8-9,11,13,22H,1-4,7,10H2,(H2,19,20,23,25)/t13-/m0/s1. The summed E-state index contributed by atoms with van der Waals surface area (Å²) in [6, 6.07) is 8.25. The molecule has 0 radical (unpaired) electrons. The number of piperidine rings is 1. The van der Waals surface area contributed by atoms with Crippen LogP contribution in [-0.4, -0.2) is 38.5 Å². The van der Waals surface area contributed by atoms with E-state index in [0.29, 0.717) is 6.54 Å². The van der Waals surface area contributed by atoms with Crippen LogP contribution >= 0.6 is 0 Å². The number of H-pyrrole nitrogens is 2. The van der Waals surface area contributed by atoms with Gasteiger partial charge in [-0.15, -0.1) is 0 Å². The molecule has 1 aliphatic rings. The van der Waals surface area contributed by atoms with Gasteiger partial charge in [-0.2, -0.15) is 0 Å². The van der Waals surface area contributed by atoms with E-state index >= 15 is 0 Å². The Morgan fingerprint density at radius 2 is 1.92 bits per heavy atom. The molecule has 0 unspecified atom stereocenters. The largest absolute Gasteiger partial charge is 0.508 e. The Morgan fingerprint density at radius 3 is 2.64 bits per heavy atom. The van der Waals surface area contributed by atoms with Crippen LogP contribution in [0.1, 0.15) is 41.7 Å². The number of aromatic amines is 2. The molecule has 1 aliphatic heterocycles. The van der Waals surface area contributed by atoms with Crippen molar-refractivity contribution < 1.29 is 9.90 Å². The number of phenols is 1. The van der Waals surface area contributed by atoms with E-state index in [1.54, 1.807) is 17.0 Å². The smallest absolute Gasteiger partial charge is 0.326 e. The van der Waals surface area contributed by atoms with Crippen molar-refractivity contribution in [3.63, 3.8) is 0 Å². The first-order chi connectivity index (χ1) is 12.0. The topological polar surface area (TPSA) is 106 Å². The van der Waals surface area contributed by atoms with Crippen molar-refractivity contribution in [2.75, 3.05) is 6.54 Å². The molecule has 0 aliphatic carbocycles. The minimum absolute atomic E-state index is 0.0327. The van der Waals surface area contributed by atoms with E-state index in [2.05, 4.69) is 9.97 Å². The number of hydrogen-bond acceptors (Lipinski definition) is 4. The monoisotopic (exact) mass is 343 g/mol. The number of rotatable bonds is 4. The molecule has 3 N–H and O–H groups in total. The molecule has 0 saturated carbocycles. The number of benzene rings is 1. The van der Waals surface area contributed by atoms with Gasteiger partial charge in [-0.3, -0.25) is 14.6 Å². The lowest BCUT2D eigenvalue weighted by molar-refractivity contribution is 0.0595. The Labute approximate surface area is 144 Å². The fraction of sp³-hybridized carbons (Fsp3) is 0.389. The summed E-state index contributed by atoms with van der Waals surface area (Å²) >= 11 is 0. The molecular weight excluding hydrogens is 322 g/mol. The summed E-state index contributed by atoms with van der Waals surface area (Å²) in [6.07, 6.45) is 4.45. The number of amides is 1. The molecule has 1 saturated heterocycles. The minimum Gasteiger partial charge on any atom is -0.508 e. The van der Waals surface area contributed by atoms with Gasteiger partial charge in [0.1, 0.15) is 11.4 Å². The number of carbonyl (C=O) groups is 1. The van der Waals surface area contributed by atoms with E-state index in [9.17, 15) is 19.5 Å². The highest BCUT2D eigenvalue weighted by Gasteiger charge is 2.28. The van der Waals surface area contributed by atoms with Gasteiger partial charge in [0.05, 0.1) is 0 Å². The Hall–Kier alpha value is -2.83. The van der Waals surface area contributed by atoms with E-state index in [4.69, 9.17) is 0 Å². The third-order valence-corrected chi connectivity index (χ3v) is 4.58. The van der Waals surface area contributed by atoms with Crippen molar-refractivity contribution in [1.29, 1.82) is 0 Å². The van der Waals surface area contributed by atoms with Gasteiger partial charge in [-0.05, 0) is 49.8 Å². The fourth-order valence-corrected chi connectivity index (χ4v) is 3.30. The summed E-state index contributed by atoms with van der Waals surface area (Å²) in [7, 11) is 0. The van der Waals surface area contributed by atoms with Gasteiger partial charge < -0.3 is 15.0 Å². The molecule has 7 nitrogen and oxygen atoms in total. The zero-order valence-corrected chi connectivity index (χ0v) is 13.8. The third-order valence-electron chi connectivity index (χ3n) is 4.58. The maximum absolute atomic E-state index is 12.7. The Balaban J connectivity index is 1.73. The molecule has 7 heteroatoms. The molecule has 3 rings (SSSR count). The number of phenolic OH excluding ortho intramolecular Hbond substituents is 1. The molecule has 132 valence electrons. The van der Waals surface area contributed by atoms with E-state index in [0.717, 1.165) is 43.7 Å². The number of nitrogens with zero attached hydrogens (tertiary/aromatic N) is 1. The van der Waals surface area contributed by atoms with Gasteiger partial charge in [0.15, 0.2) is 0 Å². The van der Waals surface area contributed by atoms with Crippen LogP contribution in [0.5, 0.6) is 5.75 Å². The zero-order chi connectivity index (χ0) is 17.8. The summed E-state index contributed by atoms with van der Waals surface area (Å²) < 4.78 is 0. The molecule has 1 amide bonds. The van der Waals surface area contributed by atoms with E-state index in [-0.39, 0.29) is 23.4 Å². The van der Waals surface area contributed by atoms with Crippen LogP contribution in [0.15, 0.2) is 39.9 Å². The first-order valence-electron chi connectivity index (χ1n) is 8.45. The molecule has 1 atom stereocenters. The highest BCUT2D eigenvalue weighted by atomic mass is 16.3. The van der Waals surface area contributed by atoms with Crippen molar-refractivity contribution in [3.8, 4) is 5.75 Å². The van der Waals surface area contributed by atoms with E-state index in [1.807, 2.05) is 12.1 Å². The highest BCUT2D eigenvalue weighted by molar-refractivity contribution is 5.92. The maximum atomic E-state index is 12.7. The average Bonchev–Trinajstić information content (AvgIpc) is 2.60. The van der Waals surface area contributed by atoms with Gasteiger partial charge in [-0.1, -0.05) is 12.1 Å². The summed E-state index contributed by atoms with van der Waals surface area (Å²) in [6.45, 7) is 0.619. The highest BCUT2D eigenvalue weighted by Crippen LogP contribution is 2.23. The molecular formula is C18H21N3O4. The van der Waals surface area contributed by atoms with E-state index in [1.165, 1.54) is 0 Å². The molecule has 1 aromatic carbocycles. The maximum Gasteiger partial charge on any atom is 0.326 e. The quantitative estimate of drug-likeness (QED) is 0.780. The van der Waals surface area contributed by atoms with E-state index < -0.39 is 11.2 Å². The fourth-order valence-electron chi connectivity index (χ4n) is 3.30. The lowest BCUT2D eigenvalue weighted by Gasteiger charge is -2.35. The molecule has 1 fully saturated rings. The van der Waals surface area contributed by atoms with Crippen LogP contribution in [0.3, 0.4) is 0 Å². The number of nitrogens with one attached hydrogen (secondary N) is 2. The molecule has 0 spiro atoms. The predicted octanol–water partition coefficient (Wildman–Crippen LogP) is 1.40. The number of hydrogen-bond donors (Lipinski definition) is 3. The summed E-state index contributed by atoms with van der Waals surface area (Å²) in [5.41, 5.74) is -0.121. The molecule has 1 aromatic heterocycles. The Bertz CT molecular complexity index is 825. The van der Waals surface area contributed by atoms with Gasteiger partial charge >= 0.3 is 5.69 Å². The number of carbonyl (C=O) groups excluding carboxylic acids is 1. The zero-order valence-electron chi connectivity index (χ0n) is 13.8. The third kappa shape index (κ3) is 4.17. The predicted molar refractivity (Wildman–Crippen MR) is 92.8 cm³/mol. The molecule has 25 heavy (non-hydrogen) atoms. The number of aryl methyl sites for hydroxylation is 1. The molecule has 2 aromatic rings. The lowest BCUT2D eigenvalue weighted by Crippen LogP contribution is -2.45. The van der Waals surface area contributed by atoms with Crippen molar-refractivity contribution in [3.05, 3.63) is 62.4 Å². The second-order valence-corrected chi connectivity index (χ2v) is 6.35. The van der Waals surface area contributed by atoms with Gasteiger partial charge in [0.25, 0.3) is 11.5 Å². The summed E-state index contributed by atoms with van der Waals surface area (Å²) in [4.78, 5) is 41.9. The molecule has 0 bridgehead atoms. The van der Waals surface area contributed by atoms with Gasteiger partial charge in [0.2, 0.25) is 0 Å². The van der Waals surface area contributed by atoms with Crippen LogP contribution < -0.4 is 11.2 Å². The SMILES string of the molecule is O=C(c1cc(=O)[nH]c(=O)[nH]1)N1CCCC[C@H]1CCc1ccc(O)cc1. The van der Waals surface area contributed by atoms with Crippen LogP contribution in [0.25, 0.3) is 0 Å². The van der Waals surface area contributed by atoms with Crippen LogP contribution in [-0.2, 0) is 6.42 Å². The second-order valence-electron chi connectivity index (χ2n) is 6.35. The van der Waals surface area contributed by atoms with Crippen molar-refractivity contribution in [2.24, 2.45) is 0 Å².